The summed E-state index contributed by atoms with van der Waals surface area (Å²) in [5.41, 5.74) is -1.24. The van der Waals surface area contributed by atoms with Crippen LogP contribution in [0.25, 0.3) is 0 Å². The molecular weight excluding hydrogens is 483 g/mol. The predicted molar refractivity (Wildman–Crippen MR) is 126 cm³/mol. The molecule has 0 radical (unpaired) electrons. The van der Waals surface area contributed by atoms with E-state index in [1.54, 1.807) is 11.8 Å². The van der Waals surface area contributed by atoms with Gasteiger partial charge < -0.3 is 15.7 Å². The first-order chi connectivity index (χ1) is 16.6. The quantitative estimate of drug-likeness (QED) is 0.436. The van der Waals surface area contributed by atoms with Crippen molar-refractivity contribution in [2.24, 2.45) is 5.92 Å². The van der Waals surface area contributed by atoms with Crippen molar-refractivity contribution in [3.63, 3.8) is 0 Å². The number of hydrogen-bond donors (Lipinski definition) is 3. The molecule has 0 unspecified atom stereocenters. The number of thioether (sulfide) groups is 1. The summed E-state index contributed by atoms with van der Waals surface area (Å²) in [6, 6.07) is 11.9. The summed E-state index contributed by atoms with van der Waals surface area (Å²) in [6.45, 7) is -0.460. The Morgan fingerprint density at radius 2 is 1.66 bits per heavy atom. The van der Waals surface area contributed by atoms with Crippen LogP contribution in [0.3, 0.4) is 0 Å². The van der Waals surface area contributed by atoms with Gasteiger partial charge in [0.15, 0.2) is 0 Å². The fraction of sp³-hybridized carbons (Fsp3) is 0.375. The van der Waals surface area contributed by atoms with Crippen LogP contribution in [-0.2, 0) is 11.0 Å². The lowest BCUT2D eigenvalue weighted by atomic mass is 9.86. The number of carbonyl (C=O) groups excluding carboxylic acids is 2. The van der Waals surface area contributed by atoms with Gasteiger partial charge in [-0.1, -0.05) is 31.0 Å². The number of carboxylic acid groups (broad SMARTS) is 1. The highest BCUT2D eigenvalue weighted by atomic mass is 32.2. The number of imide groups is 1. The van der Waals surface area contributed by atoms with E-state index in [-0.39, 0.29) is 22.5 Å². The summed E-state index contributed by atoms with van der Waals surface area (Å²) in [6.07, 6.45) is -2.45. The third-order valence-corrected chi connectivity index (χ3v) is 6.91. The maximum Gasteiger partial charge on any atom is 0.420 e. The number of halogens is 3. The molecule has 11 heteroatoms. The first-order valence-corrected chi connectivity index (χ1v) is 12.1. The number of benzene rings is 2. The SMILES string of the molecule is O=C(CNC(=O)N(C(=O)O)c1ccc(C(F)(F)F)cc1)N[C@H]1CCCC[C@H]1CSc1ccccc1. The van der Waals surface area contributed by atoms with Gasteiger partial charge >= 0.3 is 18.3 Å². The molecule has 2 atom stereocenters. The molecule has 0 aliphatic heterocycles. The number of nitrogens with one attached hydrogen (secondary N) is 2. The van der Waals surface area contributed by atoms with Crippen LogP contribution in [0.15, 0.2) is 59.5 Å². The molecule has 1 fully saturated rings. The normalized spacial score (nSPS) is 17.9. The molecule has 0 aromatic heterocycles. The molecule has 2 aromatic rings. The molecule has 35 heavy (non-hydrogen) atoms. The van der Waals surface area contributed by atoms with Crippen LogP contribution in [-0.4, -0.2) is 41.5 Å². The molecule has 1 aliphatic carbocycles. The number of rotatable bonds is 7. The molecule has 0 bridgehead atoms. The first-order valence-electron chi connectivity index (χ1n) is 11.1. The minimum atomic E-state index is -4.59. The van der Waals surface area contributed by atoms with E-state index in [1.165, 1.54) is 0 Å². The Kier molecular flexibility index (Phi) is 9.02. The minimum Gasteiger partial charge on any atom is -0.464 e. The summed E-state index contributed by atoms with van der Waals surface area (Å²) in [5.74, 6) is 0.635. The van der Waals surface area contributed by atoms with E-state index >= 15 is 0 Å². The van der Waals surface area contributed by atoms with Crippen LogP contribution >= 0.6 is 11.8 Å². The van der Waals surface area contributed by atoms with E-state index < -0.39 is 36.3 Å². The molecule has 188 valence electrons. The number of carbonyl (C=O) groups is 3. The number of amides is 4. The lowest BCUT2D eigenvalue weighted by Gasteiger charge is -2.32. The summed E-state index contributed by atoms with van der Waals surface area (Å²) < 4.78 is 38.2. The van der Waals surface area contributed by atoms with Gasteiger partial charge in [0.25, 0.3) is 0 Å². The van der Waals surface area contributed by atoms with Crippen molar-refractivity contribution in [3.8, 4) is 0 Å². The molecular formula is C24H26F3N3O4S. The van der Waals surface area contributed by atoms with Gasteiger partial charge in [-0.05, 0) is 55.2 Å². The molecule has 0 saturated heterocycles. The smallest absolute Gasteiger partial charge is 0.420 e. The van der Waals surface area contributed by atoms with E-state index in [1.807, 2.05) is 30.3 Å². The zero-order valence-corrected chi connectivity index (χ0v) is 19.6. The predicted octanol–water partition coefficient (Wildman–Crippen LogP) is 5.37. The van der Waals surface area contributed by atoms with E-state index in [4.69, 9.17) is 0 Å². The highest BCUT2D eigenvalue weighted by molar-refractivity contribution is 7.99. The van der Waals surface area contributed by atoms with Crippen LogP contribution in [0.4, 0.5) is 28.4 Å². The number of alkyl halides is 3. The molecule has 2 aromatic carbocycles. The van der Waals surface area contributed by atoms with Crippen molar-refractivity contribution in [1.29, 1.82) is 0 Å². The number of nitrogens with zero attached hydrogens (tertiary/aromatic N) is 1. The lowest BCUT2D eigenvalue weighted by molar-refractivity contribution is -0.137. The molecule has 1 saturated carbocycles. The second-order valence-electron chi connectivity index (χ2n) is 8.16. The third-order valence-electron chi connectivity index (χ3n) is 5.71. The molecule has 3 N–H and O–H groups in total. The third kappa shape index (κ3) is 7.64. The van der Waals surface area contributed by atoms with E-state index in [0.29, 0.717) is 12.1 Å². The second kappa shape index (κ2) is 12.0. The van der Waals surface area contributed by atoms with Gasteiger partial charge in [0.05, 0.1) is 17.8 Å². The minimum absolute atomic E-state index is 0.0603. The maximum absolute atomic E-state index is 12.7. The maximum atomic E-state index is 12.7. The van der Waals surface area contributed by atoms with Crippen LogP contribution in [0.2, 0.25) is 0 Å². The zero-order chi connectivity index (χ0) is 25.4. The summed E-state index contributed by atoms with van der Waals surface area (Å²) >= 11 is 1.72. The Morgan fingerprint density at radius 1 is 1.00 bits per heavy atom. The largest absolute Gasteiger partial charge is 0.464 e. The van der Waals surface area contributed by atoms with Crippen molar-refractivity contribution in [2.45, 2.75) is 42.8 Å². The zero-order valence-electron chi connectivity index (χ0n) is 18.8. The molecule has 0 spiro atoms. The number of urea groups is 1. The monoisotopic (exact) mass is 509 g/mol. The Bertz CT molecular complexity index is 1020. The molecule has 1 aliphatic rings. The van der Waals surface area contributed by atoms with Crippen molar-refractivity contribution < 1.29 is 32.7 Å². The Hall–Kier alpha value is -3.21. The van der Waals surface area contributed by atoms with Crippen LogP contribution in [0, 0.1) is 5.92 Å². The van der Waals surface area contributed by atoms with Gasteiger partial charge in [0, 0.05) is 16.7 Å². The van der Waals surface area contributed by atoms with Gasteiger partial charge in [0.2, 0.25) is 5.91 Å². The van der Waals surface area contributed by atoms with E-state index in [2.05, 4.69) is 10.6 Å². The lowest BCUT2D eigenvalue weighted by Crippen LogP contribution is -2.50. The van der Waals surface area contributed by atoms with Crippen LogP contribution in [0.1, 0.15) is 31.2 Å². The number of anilines is 1. The fourth-order valence-corrected chi connectivity index (χ4v) is 5.08. The van der Waals surface area contributed by atoms with Gasteiger partial charge in [-0.15, -0.1) is 11.8 Å². The Balaban J connectivity index is 1.54. The van der Waals surface area contributed by atoms with Gasteiger partial charge in [-0.3, -0.25) is 4.79 Å². The van der Waals surface area contributed by atoms with Crippen molar-refractivity contribution in [2.75, 3.05) is 17.2 Å². The van der Waals surface area contributed by atoms with Gasteiger partial charge in [-0.2, -0.15) is 18.1 Å². The molecule has 3 rings (SSSR count). The molecule has 4 amide bonds. The summed E-state index contributed by atoms with van der Waals surface area (Å²) in [5, 5.41) is 14.6. The first kappa shape index (κ1) is 26.4. The summed E-state index contributed by atoms with van der Waals surface area (Å²) in [7, 11) is 0. The van der Waals surface area contributed by atoms with E-state index in [0.717, 1.165) is 48.5 Å². The highest BCUT2D eigenvalue weighted by Crippen LogP contribution is 2.31. The van der Waals surface area contributed by atoms with E-state index in [9.17, 15) is 32.7 Å². The number of hydrogen-bond acceptors (Lipinski definition) is 4. The van der Waals surface area contributed by atoms with Crippen LogP contribution in [0.5, 0.6) is 0 Å². The molecule has 7 nitrogen and oxygen atoms in total. The Labute approximate surface area is 205 Å². The van der Waals surface area contributed by atoms with Crippen molar-refractivity contribution >= 4 is 35.5 Å². The average Bonchev–Trinajstić information content (AvgIpc) is 2.82. The second-order valence-corrected chi connectivity index (χ2v) is 9.26. The topological polar surface area (TPSA) is 98.7 Å². The van der Waals surface area contributed by atoms with Gasteiger partial charge in [-0.25, -0.2) is 9.59 Å². The summed E-state index contributed by atoms with van der Waals surface area (Å²) in [4.78, 5) is 37.9. The average molecular weight is 510 g/mol. The highest BCUT2D eigenvalue weighted by Gasteiger charge is 2.31. The van der Waals surface area contributed by atoms with Crippen molar-refractivity contribution in [3.05, 3.63) is 60.2 Å². The van der Waals surface area contributed by atoms with Gasteiger partial charge in [0.1, 0.15) is 0 Å². The van der Waals surface area contributed by atoms with Crippen LogP contribution < -0.4 is 15.5 Å². The molecule has 0 heterocycles. The Morgan fingerprint density at radius 3 is 2.29 bits per heavy atom. The standard InChI is InChI=1S/C24H26F3N3O4S/c25-24(26,27)17-10-12-18(13-11-17)30(23(33)34)22(32)28-14-21(31)29-20-9-5-4-6-16(20)15-35-19-7-2-1-3-8-19/h1-3,7-8,10-13,16,20H,4-6,9,14-15H2,(H,28,32)(H,29,31)(H,33,34)/t16-,20-/m0/s1. The fourth-order valence-electron chi connectivity index (χ4n) is 3.92. The van der Waals surface area contributed by atoms with Crippen molar-refractivity contribution in [1.82, 2.24) is 10.6 Å².